The third-order valence-electron chi connectivity index (χ3n) is 10.6. The van der Waals surface area contributed by atoms with Crippen LogP contribution in [0.2, 0.25) is 0 Å². The topological polar surface area (TPSA) is 98.7 Å². The van der Waals surface area contributed by atoms with Gasteiger partial charge in [-0.05, 0) is 104 Å². The number of aliphatic hydroxyl groups excluding tert-OH is 1. The van der Waals surface area contributed by atoms with Crippen LogP contribution in [0, 0.1) is 46.3 Å². The zero-order valence-corrected chi connectivity index (χ0v) is 20.5. The molecule has 4 fully saturated rings. The maximum absolute atomic E-state index is 13.2. The molecule has 3 saturated carbocycles. The molecule has 4 rings (SSSR count). The number of nitrogens with one attached hydrogen (secondary N) is 2. The minimum absolute atomic E-state index is 0.196. The van der Waals surface area contributed by atoms with Crippen molar-refractivity contribution < 1.29 is 24.2 Å². The first-order valence-electron chi connectivity index (χ1n) is 13.1. The summed E-state index contributed by atoms with van der Waals surface area (Å²) in [6.45, 7) is 8.81. The quantitative estimate of drug-likeness (QED) is 0.461. The van der Waals surface area contributed by atoms with Crippen LogP contribution in [0.25, 0.3) is 0 Å². The Labute approximate surface area is 197 Å². The van der Waals surface area contributed by atoms with Crippen LogP contribution < -0.4 is 10.6 Å². The van der Waals surface area contributed by atoms with Gasteiger partial charge in [-0.1, -0.05) is 20.8 Å². The van der Waals surface area contributed by atoms with Gasteiger partial charge < -0.3 is 20.8 Å². The highest BCUT2D eigenvalue weighted by Crippen LogP contribution is 2.67. The Morgan fingerprint density at radius 2 is 1.88 bits per heavy atom. The van der Waals surface area contributed by atoms with E-state index in [9.17, 15) is 19.1 Å². The summed E-state index contributed by atoms with van der Waals surface area (Å²) in [6.07, 6.45) is 5.60. The second-order valence-electron chi connectivity index (χ2n) is 12.1. The van der Waals surface area contributed by atoms with Gasteiger partial charge in [0.2, 0.25) is 12.1 Å². The summed E-state index contributed by atoms with van der Waals surface area (Å²) in [5, 5.41) is 25.9. The Morgan fingerprint density at radius 3 is 2.61 bits per heavy atom. The van der Waals surface area contributed by atoms with E-state index in [1.54, 1.807) is 0 Å². The molecule has 4 aliphatic rings. The predicted octanol–water partition coefficient (Wildman–Crippen LogP) is 3.38. The van der Waals surface area contributed by atoms with E-state index in [0.717, 1.165) is 38.8 Å². The number of carboxylic acids is 1. The van der Waals surface area contributed by atoms with E-state index in [0.29, 0.717) is 47.3 Å². The van der Waals surface area contributed by atoms with Crippen LogP contribution >= 0.6 is 0 Å². The van der Waals surface area contributed by atoms with E-state index in [2.05, 4.69) is 31.4 Å². The van der Waals surface area contributed by atoms with Gasteiger partial charge in [0.1, 0.15) is 0 Å². The van der Waals surface area contributed by atoms with Gasteiger partial charge in [0.15, 0.2) is 0 Å². The van der Waals surface area contributed by atoms with Crippen molar-refractivity contribution in [3.05, 3.63) is 0 Å². The Morgan fingerprint density at radius 1 is 1.15 bits per heavy atom. The first-order valence-corrected chi connectivity index (χ1v) is 13.1. The minimum Gasteiger partial charge on any atom is -0.479 e. The van der Waals surface area contributed by atoms with Crippen molar-refractivity contribution in [2.75, 3.05) is 19.6 Å². The molecule has 1 aliphatic heterocycles. The number of rotatable bonds is 7. The molecule has 0 bridgehead atoms. The van der Waals surface area contributed by atoms with Crippen molar-refractivity contribution in [3.63, 3.8) is 0 Å². The smallest absolute Gasteiger partial charge is 0.340 e. The molecule has 4 N–H and O–H groups in total. The molecule has 1 amide bonds. The third-order valence-corrected chi connectivity index (χ3v) is 10.6. The normalized spacial score (nSPS) is 44.2. The molecule has 0 aromatic carbocycles. The molecular formula is C26H43FN2O4. The Kier molecular flexibility index (Phi) is 7.13. The number of hydrogen-bond acceptors (Lipinski definition) is 4. The van der Waals surface area contributed by atoms with E-state index in [1.165, 1.54) is 19.3 Å². The first-order chi connectivity index (χ1) is 15.6. The summed E-state index contributed by atoms with van der Waals surface area (Å²) >= 11 is 0. The van der Waals surface area contributed by atoms with Gasteiger partial charge >= 0.3 is 5.97 Å². The maximum atomic E-state index is 13.2. The highest BCUT2D eigenvalue weighted by Gasteiger charge is 2.62. The fraction of sp³-hybridized carbons (Fsp3) is 0.923. The fourth-order valence-corrected chi connectivity index (χ4v) is 8.78. The molecule has 10 atom stereocenters. The number of carboxylic acid groups (broad SMARTS) is 1. The van der Waals surface area contributed by atoms with E-state index in [-0.39, 0.29) is 17.4 Å². The molecule has 33 heavy (non-hydrogen) atoms. The minimum atomic E-state index is -2.06. The predicted molar refractivity (Wildman–Crippen MR) is 124 cm³/mol. The molecule has 0 spiro atoms. The fourth-order valence-electron chi connectivity index (χ4n) is 8.78. The molecule has 3 aliphatic carbocycles. The number of aliphatic hydroxyl groups is 1. The molecule has 0 aromatic heterocycles. The summed E-state index contributed by atoms with van der Waals surface area (Å²) in [4.78, 5) is 22.7. The second kappa shape index (κ2) is 9.44. The molecule has 7 heteroatoms. The number of carbonyl (C=O) groups excluding carboxylic acids is 1. The Hall–Kier alpha value is -1.21. The number of alkyl halides is 1. The van der Waals surface area contributed by atoms with Crippen molar-refractivity contribution >= 4 is 11.9 Å². The van der Waals surface area contributed by atoms with Gasteiger partial charge in [-0.25, -0.2) is 9.18 Å². The summed E-state index contributed by atoms with van der Waals surface area (Å²) in [7, 11) is 0. The number of piperidine rings is 1. The average molecular weight is 467 g/mol. The third kappa shape index (κ3) is 4.44. The van der Waals surface area contributed by atoms with Crippen molar-refractivity contribution in [2.24, 2.45) is 46.3 Å². The summed E-state index contributed by atoms with van der Waals surface area (Å²) < 4.78 is 13.2. The van der Waals surface area contributed by atoms with Crippen LogP contribution in [0.15, 0.2) is 0 Å². The lowest BCUT2D eigenvalue weighted by Gasteiger charge is -2.62. The lowest BCUT2D eigenvalue weighted by molar-refractivity contribution is -0.161. The molecule has 188 valence electrons. The zero-order valence-electron chi connectivity index (χ0n) is 20.5. The van der Waals surface area contributed by atoms with Crippen LogP contribution in [-0.4, -0.2) is 54.0 Å². The maximum Gasteiger partial charge on any atom is 0.340 e. The van der Waals surface area contributed by atoms with Gasteiger partial charge in [0.25, 0.3) is 0 Å². The standard InChI is InChI=1S/C26H43FN2O4/c1-15(4-7-22(31)29-14-20(27)24(32)33)17-5-6-18-23-19(8-9-26(17,18)3)25(2)10-11-28-13-16(25)12-21(23)30/h15-21,23,28,30H,4-14H2,1-3H3,(H,29,31)(H,32,33)/t15-,16-,17-,18+,19+,20?,21+,23+,25+,26-/m1/s1. The lowest BCUT2D eigenvalue weighted by atomic mass is 9.45. The summed E-state index contributed by atoms with van der Waals surface area (Å²) in [5.74, 6) is 1.19. The van der Waals surface area contributed by atoms with Gasteiger partial charge in [0, 0.05) is 6.42 Å². The van der Waals surface area contributed by atoms with E-state index in [1.807, 2.05) is 0 Å². The number of hydrogen-bond donors (Lipinski definition) is 4. The number of carbonyl (C=O) groups is 2. The first kappa shape index (κ1) is 24.9. The van der Waals surface area contributed by atoms with Crippen LogP contribution in [0.1, 0.15) is 72.1 Å². The summed E-state index contributed by atoms with van der Waals surface area (Å²) in [6, 6.07) is 0. The summed E-state index contributed by atoms with van der Waals surface area (Å²) in [5.41, 5.74) is 0.532. The van der Waals surface area contributed by atoms with Gasteiger partial charge in [-0.3, -0.25) is 4.79 Å². The average Bonchev–Trinajstić information content (AvgIpc) is 3.13. The van der Waals surface area contributed by atoms with Crippen molar-refractivity contribution in [3.8, 4) is 0 Å². The number of halogens is 1. The number of fused-ring (bicyclic) bond motifs is 5. The van der Waals surface area contributed by atoms with Crippen molar-refractivity contribution in [1.29, 1.82) is 0 Å². The molecule has 1 unspecified atom stereocenters. The molecule has 1 heterocycles. The molecule has 6 nitrogen and oxygen atoms in total. The van der Waals surface area contributed by atoms with Crippen LogP contribution in [0.5, 0.6) is 0 Å². The molecule has 0 aromatic rings. The van der Waals surface area contributed by atoms with Crippen molar-refractivity contribution in [2.45, 2.75) is 84.4 Å². The van der Waals surface area contributed by atoms with Crippen molar-refractivity contribution in [1.82, 2.24) is 10.6 Å². The molecule has 1 saturated heterocycles. The highest BCUT2D eigenvalue weighted by molar-refractivity contribution is 5.78. The van der Waals surface area contributed by atoms with E-state index in [4.69, 9.17) is 5.11 Å². The van der Waals surface area contributed by atoms with Crippen LogP contribution in [0.3, 0.4) is 0 Å². The van der Waals surface area contributed by atoms with Gasteiger partial charge in [0.05, 0.1) is 12.6 Å². The number of aliphatic carboxylic acids is 1. The van der Waals surface area contributed by atoms with E-state index < -0.39 is 18.7 Å². The van der Waals surface area contributed by atoms with E-state index >= 15 is 0 Å². The van der Waals surface area contributed by atoms with Gasteiger partial charge in [-0.15, -0.1) is 0 Å². The molecule has 0 radical (unpaired) electrons. The molecular weight excluding hydrogens is 423 g/mol. The number of amides is 1. The Balaban J connectivity index is 1.39. The Bertz CT molecular complexity index is 750. The zero-order chi connectivity index (χ0) is 24.0. The lowest BCUT2D eigenvalue weighted by Crippen LogP contribution is -2.60. The van der Waals surface area contributed by atoms with Gasteiger partial charge in [-0.2, -0.15) is 0 Å². The second-order valence-corrected chi connectivity index (χ2v) is 12.1. The SMILES string of the molecule is C[C@H](CCC(=O)NCC(F)C(=O)O)[C@H]1CC[C@H]2[C@@H]3[C@@H](O)C[C@@H]4CNCC[C@]4(C)[C@H]3CC[C@]12C. The van der Waals surface area contributed by atoms with Crippen LogP contribution in [-0.2, 0) is 9.59 Å². The monoisotopic (exact) mass is 466 g/mol. The highest BCUT2D eigenvalue weighted by atomic mass is 19.1. The van der Waals surface area contributed by atoms with Crippen LogP contribution in [0.4, 0.5) is 4.39 Å². The largest absolute Gasteiger partial charge is 0.479 e.